The Hall–Kier alpha value is -0.900. The van der Waals surface area contributed by atoms with E-state index in [1.54, 1.807) is 6.92 Å². The Balaban J connectivity index is 2.32. The molecule has 1 fully saturated rings. The number of carbonyl (C=O) groups excluding carboxylic acids is 2. The zero-order valence-corrected chi connectivity index (χ0v) is 9.95. The first-order valence-corrected chi connectivity index (χ1v) is 6.12. The molecule has 1 N–H and O–H groups in total. The van der Waals surface area contributed by atoms with Gasteiger partial charge in [-0.3, -0.25) is 14.5 Å². The second-order valence-electron chi connectivity index (χ2n) is 4.49. The lowest BCUT2D eigenvalue weighted by molar-refractivity contribution is -0.143. The number of nitrogens with zero attached hydrogens (tertiary/aromatic N) is 1. The smallest absolute Gasteiger partial charge is 0.229 e. The third-order valence-electron chi connectivity index (χ3n) is 2.89. The SMILES string of the molecule is CC(O)CCCCN1C(=O)CCCCC1=O. The minimum atomic E-state index is -0.296. The van der Waals surface area contributed by atoms with Crippen LogP contribution in [0.3, 0.4) is 0 Å². The Kier molecular flexibility index (Phi) is 5.46. The highest BCUT2D eigenvalue weighted by Crippen LogP contribution is 2.13. The number of rotatable bonds is 5. The van der Waals surface area contributed by atoms with E-state index in [1.807, 2.05) is 0 Å². The van der Waals surface area contributed by atoms with Crippen LogP contribution in [0.25, 0.3) is 0 Å². The predicted octanol–water partition coefficient (Wildman–Crippen LogP) is 1.47. The average Bonchev–Trinajstić information content (AvgIpc) is 2.37. The molecule has 1 rings (SSSR count). The molecule has 1 heterocycles. The Morgan fingerprint density at radius 3 is 2.25 bits per heavy atom. The first-order chi connectivity index (χ1) is 7.61. The summed E-state index contributed by atoms with van der Waals surface area (Å²) in [6.07, 6.45) is 4.75. The van der Waals surface area contributed by atoms with Crippen molar-refractivity contribution in [1.29, 1.82) is 0 Å². The fraction of sp³-hybridized carbons (Fsp3) is 0.833. The van der Waals surface area contributed by atoms with Crippen molar-refractivity contribution in [2.45, 2.75) is 58.0 Å². The van der Waals surface area contributed by atoms with Gasteiger partial charge in [0.25, 0.3) is 0 Å². The van der Waals surface area contributed by atoms with Gasteiger partial charge in [0.15, 0.2) is 0 Å². The van der Waals surface area contributed by atoms with Gasteiger partial charge in [0, 0.05) is 19.4 Å². The maximum atomic E-state index is 11.6. The first kappa shape index (κ1) is 13.2. The highest BCUT2D eigenvalue weighted by atomic mass is 16.3. The third-order valence-corrected chi connectivity index (χ3v) is 2.89. The van der Waals surface area contributed by atoms with Crippen LogP contribution in [-0.2, 0) is 9.59 Å². The quantitative estimate of drug-likeness (QED) is 0.571. The van der Waals surface area contributed by atoms with E-state index in [9.17, 15) is 9.59 Å². The number of amides is 2. The number of aliphatic hydroxyl groups excluding tert-OH is 1. The fourth-order valence-electron chi connectivity index (χ4n) is 1.92. The number of hydrogen-bond donors (Lipinski definition) is 1. The number of hydrogen-bond acceptors (Lipinski definition) is 3. The minimum absolute atomic E-state index is 0.0282. The van der Waals surface area contributed by atoms with Gasteiger partial charge in [-0.1, -0.05) is 0 Å². The van der Waals surface area contributed by atoms with E-state index in [2.05, 4.69) is 0 Å². The standard InChI is InChI=1S/C12H21NO3/c1-10(14)6-4-5-9-13-11(15)7-2-3-8-12(13)16/h10,14H,2-9H2,1H3. The van der Waals surface area contributed by atoms with Crippen molar-refractivity contribution >= 4 is 11.8 Å². The molecular formula is C12H21NO3. The van der Waals surface area contributed by atoms with Gasteiger partial charge in [-0.2, -0.15) is 0 Å². The van der Waals surface area contributed by atoms with Crippen molar-refractivity contribution in [2.75, 3.05) is 6.54 Å². The van der Waals surface area contributed by atoms with E-state index in [4.69, 9.17) is 5.11 Å². The predicted molar refractivity (Wildman–Crippen MR) is 60.7 cm³/mol. The van der Waals surface area contributed by atoms with Crippen LogP contribution >= 0.6 is 0 Å². The molecule has 2 amide bonds. The molecule has 4 nitrogen and oxygen atoms in total. The van der Waals surface area contributed by atoms with Crippen LogP contribution < -0.4 is 0 Å². The second kappa shape index (κ2) is 6.63. The Morgan fingerprint density at radius 2 is 1.75 bits per heavy atom. The van der Waals surface area contributed by atoms with Crippen molar-refractivity contribution in [2.24, 2.45) is 0 Å². The molecule has 0 aromatic heterocycles. The Morgan fingerprint density at radius 1 is 1.19 bits per heavy atom. The molecule has 1 unspecified atom stereocenters. The maximum Gasteiger partial charge on any atom is 0.229 e. The van der Waals surface area contributed by atoms with Gasteiger partial charge in [-0.15, -0.1) is 0 Å². The van der Waals surface area contributed by atoms with Gasteiger partial charge in [0.1, 0.15) is 0 Å². The molecule has 16 heavy (non-hydrogen) atoms. The van der Waals surface area contributed by atoms with Crippen molar-refractivity contribution in [1.82, 2.24) is 4.90 Å². The highest BCUT2D eigenvalue weighted by molar-refractivity contribution is 5.95. The van der Waals surface area contributed by atoms with Crippen LogP contribution in [-0.4, -0.2) is 34.5 Å². The molecule has 0 spiro atoms. The van der Waals surface area contributed by atoms with Gasteiger partial charge in [-0.05, 0) is 39.0 Å². The molecular weight excluding hydrogens is 206 g/mol. The molecule has 92 valence electrons. The molecule has 0 aromatic carbocycles. The fourth-order valence-corrected chi connectivity index (χ4v) is 1.92. The van der Waals surface area contributed by atoms with Gasteiger partial charge in [-0.25, -0.2) is 0 Å². The summed E-state index contributed by atoms with van der Waals surface area (Å²) >= 11 is 0. The minimum Gasteiger partial charge on any atom is -0.393 e. The Bertz CT molecular complexity index is 233. The van der Waals surface area contributed by atoms with Crippen molar-refractivity contribution in [3.05, 3.63) is 0 Å². The third kappa shape index (κ3) is 4.31. The summed E-state index contributed by atoms with van der Waals surface area (Å²) < 4.78 is 0. The number of unbranched alkanes of at least 4 members (excludes halogenated alkanes) is 1. The van der Waals surface area contributed by atoms with E-state index >= 15 is 0 Å². The molecule has 1 saturated heterocycles. The number of carbonyl (C=O) groups is 2. The molecule has 4 heteroatoms. The molecule has 0 aliphatic carbocycles. The van der Waals surface area contributed by atoms with Crippen molar-refractivity contribution in [3.63, 3.8) is 0 Å². The monoisotopic (exact) mass is 227 g/mol. The Labute approximate surface area is 96.6 Å². The summed E-state index contributed by atoms with van der Waals surface area (Å²) in [5.41, 5.74) is 0. The average molecular weight is 227 g/mol. The lowest BCUT2D eigenvalue weighted by Crippen LogP contribution is -2.35. The van der Waals surface area contributed by atoms with Crippen LogP contribution in [0.2, 0.25) is 0 Å². The summed E-state index contributed by atoms with van der Waals surface area (Å²) in [6, 6.07) is 0. The van der Waals surface area contributed by atoms with Gasteiger partial charge >= 0.3 is 0 Å². The number of aliphatic hydroxyl groups is 1. The van der Waals surface area contributed by atoms with Crippen LogP contribution in [0.15, 0.2) is 0 Å². The summed E-state index contributed by atoms with van der Waals surface area (Å²) in [4.78, 5) is 24.6. The molecule has 0 radical (unpaired) electrons. The second-order valence-corrected chi connectivity index (χ2v) is 4.49. The lowest BCUT2D eigenvalue weighted by Gasteiger charge is -2.18. The molecule has 1 atom stereocenters. The molecule has 0 saturated carbocycles. The number of imide groups is 1. The largest absolute Gasteiger partial charge is 0.393 e. The zero-order chi connectivity index (χ0) is 12.0. The van der Waals surface area contributed by atoms with Crippen LogP contribution in [0.4, 0.5) is 0 Å². The van der Waals surface area contributed by atoms with E-state index in [-0.39, 0.29) is 17.9 Å². The summed E-state index contributed by atoms with van der Waals surface area (Å²) in [5, 5.41) is 9.09. The van der Waals surface area contributed by atoms with Gasteiger partial charge < -0.3 is 5.11 Å². The molecule has 1 aliphatic rings. The summed E-state index contributed by atoms with van der Waals surface area (Å²) in [5.74, 6) is -0.0564. The summed E-state index contributed by atoms with van der Waals surface area (Å²) in [6.45, 7) is 2.27. The molecule has 0 aromatic rings. The highest BCUT2D eigenvalue weighted by Gasteiger charge is 2.23. The summed E-state index contributed by atoms with van der Waals surface area (Å²) in [7, 11) is 0. The van der Waals surface area contributed by atoms with E-state index in [0.717, 1.165) is 32.1 Å². The molecule has 1 aliphatic heterocycles. The van der Waals surface area contributed by atoms with Crippen LogP contribution in [0, 0.1) is 0 Å². The molecule has 0 bridgehead atoms. The van der Waals surface area contributed by atoms with Gasteiger partial charge in [0.05, 0.1) is 6.10 Å². The first-order valence-electron chi connectivity index (χ1n) is 6.12. The van der Waals surface area contributed by atoms with E-state index in [0.29, 0.717) is 19.4 Å². The normalized spacial score (nSPS) is 19.8. The van der Waals surface area contributed by atoms with Crippen LogP contribution in [0.1, 0.15) is 51.9 Å². The maximum absolute atomic E-state index is 11.6. The van der Waals surface area contributed by atoms with Crippen molar-refractivity contribution < 1.29 is 14.7 Å². The topological polar surface area (TPSA) is 57.6 Å². The number of likely N-dealkylation sites (tertiary alicyclic amines) is 1. The van der Waals surface area contributed by atoms with Gasteiger partial charge in [0.2, 0.25) is 11.8 Å². The van der Waals surface area contributed by atoms with E-state index < -0.39 is 0 Å². The lowest BCUT2D eigenvalue weighted by atomic mass is 10.1. The van der Waals surface area contributed by atoms with Crippen LogP contribution in [0.5, 0.6) is 0 Å². The zero-order valence-electron chi connectivity index (χ0n) is 9.95. The van der Waals surface area contributed by atoms with Crippen molar-refractivity contribution in [3.8, 4) is 0 Å². The van der Waals surface area contributed by atoms with E-state index in [1.165, 1.54) is 4.90 Å².